The average Bonchev–Trinajstić information content (AvgIpc) is 1.54. The molecule has 0 aliphatic carbocycles. The molecule has 18 rings (SSSR count). The van der Waals surface area contributed by atoms with Gasteiger partial charge in [0.1, 0.15) is 34.0 Å². The molecular formula is C94H62F2N6O2. The largest absolute Gasteiger partial charge is 0.455 e. The average molecular weight is 1350 g/mol. The molecule has 8 nitrogen and oxygen atoms in total. The fourth-order valence-corrected chi connectivity index (χ4v) is 15.1. The number of furan rings is 2. The maximum Gasteiger partial charge on any atom is 0.143 e. The molecule has 0 saturated carbocycles. The summed E-state index contributed by atoms with van der Waals surface area (Å²) in [5, 5.41) is 31.3. The third kappa shape index (κ3) is 11.0. The van der Waals surface area contributed by atoms with E-state index in [4.69, 9.17) is 8.83 Å². The highest BCUT2D eigenvalue weighted by Crippen LogP contribution is 2.52. The number of nitrogens with zero attached hydrogens (tertiary/aromatic N) is 6. The molecule has 2 aromatic heterocycles. The van der Waals surface area contributed by atoms with Gasteiger partial charge in [0.15, 0.2) is 0 Å². The predicted octanol–water partition coefficient (Wildman–Crippen LogP) is 26.4. The number of nitriles is 2. The van der Waals surface area contributed by atoms with E-state index in [1.54, 1.807) is 0 Å². The third-order valence-electron chi connectivity index (χ3n) is 20.2. The second-order valence-electron chi connectivity index (χ2n) is 26.6. The molecule has 16 aromatic carbocycles. The van der Waals surface area contributed by atoms with Crippen LogP contribution in [-0.4, -0.2) is 0 Å². The molecule has 494 valence electrons. The SMILES string of the molecule is Cc1ccc(N(c2ccc(F)cc2)c2cc3c4cc(N(c5ccc(F)cc5)c5ccc(CCc6ccc(N(c7ccc(C#N)cc7)c7cc8c9cc(N(c%10ccc(C)cc%10)c%10ccc(C#N)cc%10)c%10ccccc%10c9oc8c8ccccc78)cc6)cc5)c5ccccc5c4oc3c3ccccc23)cc1. The van der Waals surface area contributed by atoms with Gasteiger partial charge in [0, 0.05) is 110 Å². The van der Waals surface area contributed by atoms with Crippen molar-refractivity contribution < 1.29 is 17.6 Å². The van der Waals surface area contributed by atoms with Crippen LogP contribution < -0.4 is 19.6 Å². The van der Waals surface area contributed by atoms with Gasteiger partial charge >= 0.3 is 0 Å². The topological polar surface area (TPSA) is 86.8 Å². The van der Waals surface area contributed by atoms with Crippen molar-refractivity contribution in [3.63, 3.8) is 0 Å². The zero-order chi connectivity index (χ0) is 70.1. The van der Waals surface area contributed by atoms with Crippen LogP contribution in [0.1, 0.15) is 33.4 Å². The van der Waals surface area contributed by atoms with Crippen molar-refractivity contribution >= 4 is 155 Å². The molecule has 0 bridgehead atoms. The first-order chi connectivity index (χ1) is 51.1. The smallest absolute Gasteiger partial charge is 0.143 e. The van der Waals surface area contributed by atoms with Crippen molar-refractivity contribution in [3.05, 3.63) is 360 Å². The molecule has 0 atom stereocenters. The lowest BCUT2D eigenvalue weighted by molar-refractivity contribution is 0.627. The van der Waals surface area contributed by atoms with Gasteiger partial charge in [-0.2, -0.15) is 10.5 Å². The van der Waals surface area contributed by atoms with E-state index < -0.39 is 0 Å². The lowest BCUT2D eigenvalue weighted by atomic mass is 9.98. The van der Waals surface area contributed by atoms with E-state index in [1.807, 2.05) is 97.1 Å². The Balaban J connectivity index is 0.707. The Morgan fingerprint density at radius 2 is 0.471 bits per heavy atom. The summed E-state index contributed by atoms with van der Waals surface area (Å²) in [6, 6.07) is 110. The molecule has 0 saturated heterocycles. The summed E-state index contributed by atoms with van der Waals surface area (Å²) in [5.41, 5.74) is 19.6. The van der Waals surface area contributed by atoms with Crippen LogP contribution in [0.3, 0.4) is 0 Å². The van der Waals surface area contributed by atoms with Crippen molar-refractivity contribution in [2.45, 2.75) is 26.7 Å². The van der Waals surface area contributed by atoms with E-state index in [-0.39, 0.29) is 11.6 Å². The van der Waals surface area contributed by atoms with Crippen molar-refractivity contribution in [3.8, 4) is 12.1 Å². The van der Waals surface area contributed by atoms with Gasteiger partial charge in [0.05, 0.1) is 46.0 Å². The highest BCUT2D eigenvalue weighted by atomic mass is 19.1. The first-order valence-electron chi connectivity index (χ1n) is 34.7. The molecule has 18 aromatic rings. The van der Waals surface area contributed by atoms with Crippen LogP contribution in [0, 0.1) is 48.1 Å². The van der Waals surface area contributed by atoms with Crippen LogP contribution in [0.5, 0.6) is 0 Å². The second-order valence-corrected chi connectivity index (χ2v) is 26.6. The fraction of sp³-hybridized carbons (Fsp3) is 0.0426. The molecule has 0 aliphatic heterocycles. The summed E-state index contributed by atoms with van der Waals surface area (Å²) in [6.45, 7) is 4.16. The minimum Gasteiger partial charge on any atom is -0.455 e. The number of hydrogen-bond donors (Lipinski definition) is 0. The Hall–Kier alpha value is -13.8. The summed E-state index contributed by atoms with van der Waals surface area (Å²) in [7, 11) is 0. The van der Waals surface area contributed by atoms with Crippen LogP contribution in [0.15, 0.2) is 324 Å². The fourth-order valence-electron chi connectivity index (χ4n) is 15.1. The summed E-state index contributed by atoms with van der Waals surface area (Å²) >= 11 is 0. The van der Waals surface area contributed by atoms with E-state index in [1.165, 1.54) is 24.3 Å². The number of benzene rings is 16. The van der Waals surface area contributed by atoms with Gasteiger partial charge < -0.3 is 28.4 Å². The predicted molar refractivity (Wildman–Crippen MR) is 422 cm³/mol. The summed E-state index contributed by atoms with van der Waals surface area (Å²) in [6.07, 6.45) is 1.53. The van der Waals surface area contributed by atoms with E-state index in [9.17, 15) is 14.9 Å². The van der Waals surface area contributed by atoms with Crippen molar-refractivity contribution in [1.82, 2.24) is 0 Å². The van der Waals surface area contributed by atoms with Crippen LogP contribution in [0.25, 0.3) is 87.0 Å². The summed E-state index contributed by atoms with van der Waals surface area (Å²) < 4.78 is 43.9. The minimum atomic E-state index is -0.329. The molecular weight excluding hydrogens is 1280 g/mol. The van der Waals surface area contributed by atoms with Crippen LogP contribution >= 0.6 is 0 Å². The Bertz CT molecular complexity index is 6410. The second kappa shape index (κ2) is 25.7. The van der Waals surface area contributed by atoms with Gasteiger partial charge in [-0.3, -0.25) is 0 Å². The number of aryl methyl sites for hydroxylation is 4. The zero-order valence-corrected chi connectivity index (χ0v) is 56.7. The van der Waals surface area contributed by atoms with Crippen molar-refractivity contribution in [2.75, 3.05) is 19.6 Å². The lowest BCUT2D eigenvalue weighted by Gasteiger charge is -2.28. The molecule has 2 heterocycles. The van der Waals surface area contributed by atoms with E-state index in [2.05, 4.69) is 240 Å². The molecule has 0 N–H and O–H groups in total. The summed E-state index contributed by atoms with van der Waals surface area (Å²) in [5.74, 6) is -0.642. The maximum atomic E-state index is 15.0. The van der Waals surface area contributed by atoms with Crippen LogP contribution in [0.4, 0.5) is 77.0 Å². The molecule has 0 fully saturated rings. The van der Waals surface area contributed by atoms with Crippen molar-refractivity contribution in [1.29, 1.82) is 10.5 Å². The molecule has 0 amide bonds. The minimum absolute atomic E-state index is 0.313. The van der Waals surface area contributed by atoms with Gasteiger partial charge in [0.2, 0.25) is 0 Å². The zero-order valence-electron chi connectivity index (χ0n) is 56.7. The Morgan fingerprint density at radius 1 is 0.260 bits per heavy atom. The molecule has 0 spiro atoms. The van der Waals surface area contributed by atoms with Gasteiger partial charge in [-0.25, -0.2) is 8.78 Å². The first kappa shape index (κ1) is 62.5. The van der Waals surface area contributed by atoms with E-state index >= 15 is 4.39 Å². The lowest BCUT2D eigenvalue weighted by Crippen LogP contribution is -2.11. The van der Waals surface area contributed by atoms with Crippen LogP contribution in [-0.2, 0) is 12.8 Å². The van der Waals surface area contributed by atoms with E-state index in [0.717, 1.165) is 190 Å². The highest BCUT2D eigenvalue weighted by molar-refractivity contribution is 6.27. The monoisotopic (exact) mass is 1340 g/mol. The van der Waals surface area contributed by atoms with Gasteiger partial charge in [0.25, 0.3) is 0 Å². The number of hydrogen-bond acceptors (Lipinski definition) is 8. The molecule has 0 unspecified atom stereocenters. The van der Waals surface area contributed by atoms with Crippen LogP contribution in [0.2, 0.25) is 0 Å². The van der Waals surface area contributed by atoms with Gasteiger partial charge in [-0.1, -0.05) is 157 Å². The number of rotatable bonds is 15. The Labute approximate surface area is 598 Å². The Kier molecular flexibility index (Phi) is 15.5. The summed E-state index contributed by atoms with van der Waals surface area (Å²) in [4.78, 5) is 8.92. The Morgan fingerprint density at radius 3 is 0.712 bits per heavy atom. The maximum absolute atomic E-state index is 15.0. The van der Waals surface area contributed by atoms with Gasteiger partial charge in [-0.05, 0) is 208 Å². The standard InChI is InChI=1S/C94H62F2N6O2/c1-59-19-37-67(38-20-59)99(71-45-29-63(57-97)30-46-71)87-53-83-85-55-89(77-13-5-9-17-81(77)93(85)103-91(83)79-15-7-3-11-75(79)87)101(72-47-31-64(58-98)32-48-72)69-41-25-61(26-42-69)23-24-62-27-43-70(44-28-62)102(74-51-35-66(96)36-52-74)90-56-86-84-54-88(100(68-39-21-60(2)22-40-68)73-49-33-65(95)34-50-73)76-12-4-8-16-80(76)92(84)104-94(86)82-18-10-6-14-78(82)90/h3-22,25-56H,23-24H2,1-2H3. The highest BCUT2D eigenvalue weighted by Gasteiger charge is 2.28. The normalized spacial score (nSPS) is 11.5. The molecule has 0 aliphatic rings. The number of halogens is 2. The molecule has 104 heavy (non-hydrogen) atoms. The van der Waals surface area contributed by atoms with Gasteiger partial charge in [-0.15, -0.1) is 0 Å². The quantitative estimate of drug-likeness (QED) is 0.100. The molecule has 0 radical (unpaired) electrons. The molecule has 10 heteroatoms. The number of fused-ring (bicyclic) bond motifs is 14. The first-order valence-corrected chi connectivity index (χ1v) is 34.7. The third-order valence-corrected chi connectivity index (χ3v) is 20.2. The van der Waals surface area contributed by atoms with E-state index in [0.29, 0.717) is 11.1 Å². The van der Waals surface area contributed by atoms with Crippen molar-refractivity contribution in [2.24, 2.45) is 0 Å². The number of anilines is 12.